The Balaban J connectivity index is 2.23. The van der Waals surface area contributed by atoms with E-state index in [0.717, 1.165) is 22.3 Å². The van der Waals surface area contributed by atoms with Crippen LogP contribution in [-0.4, -0.2) is 22.5 Å². The Bertz CT molecular complexity index is 744. The van der Waals surface area contributed by atoms with E-state index in [1.165, 1.54) is 0 Å². The average Bonchev–Trinajstić information content (AvgIpc) is 2.63. The van der Waals surface area contributed by atoms with Gasteiger partial charge in [0, 0.05) is 24.8 Å². The van der Waals surface area contributed by atoms with Crippen molar-refractivity contribution < 1.29 is 9.53 Å². The van der Waals surface area contributed by atoms with Crippen LogP contribution in [0.4, 0.5) is 0 Å². The molecule has 0 saturated heterocycles. The lowest BCUT2D eigenvalue weighted by Crippen LogP contribution is -2.08. The van der Waals surface area contributed by atoms with Crippen LogP contribution in [0.15, 0.2) is 67.3 Å². The summed E-state index contributed by atoms with van der Waals surface area (Å²) in [4.78, 5) is 20.7. The first-order valence-electron chi connectivity index (χ1n) is 7.42. The number of ether oxygens (including phenoxy) is 1. The van der Waals surface area contributed by atoms with Crippen LogP contribution in [-0.2, 0) is 4.74 Å². The van der Waals surface area contributed by atoms with Gasteiger partial charge < -0.3 is 4.74 Å². The molecule has 0 atom stereocenters. The Hall–Kier alpha value is -3.01. The summed E-state index contributed by atoms with van der Waals surface area (Å²) in [6, 6.07) is 13.3. The Morgan fingerprint density at radius 3 is 1.78 bits per heavy atom. The maximum atomic E-state index is 12.6. The minimum Gasteiger partial charge on any atom is -0.462 e. The van der Waals surface area contributed by atoms with Gasteiger partial charge in [0.05, 0.1) is 12.2 Å². The van der Waals surface area contributed by atoms with Crippen molar-refractivity contribution >= 4 is 5.97 Å². The number of nitrogens with zero attached hydrogens (tertiary/aromatic N) is 2. The monoisotopic (exact) mass is 304 g/mol. The molecule has 0 aliphatic rings. The molecule has 0 amide bonds. The molecule has 0 aliphatic heterocycles. The van der Waals surface area contributed by atoms with Gasteiger partial charge in [0.25, 0.3) is 0 Å². The number of hydrogen-bond acceptors (Lipinski definition) is 4. The Labute approximate surface area is 134 Å². The van der Waals surface area contributed by atoms with Crippen molar-refractivity contribution in [1.82, 2.24) is 9.97 Å². The molecule has 2 aromatic heterocycles. The highest BCUT2D eigenvalue weighted by atomic mass is 16.5. The second-order valence-corrected chi connectivity index (χ2v) is 4.92. The minimum absolute atomic E-state index is 0.327. The molecule has 0 radical (unpaired) electrons. The number of rotatable bonds is 4. The number of benzene rings is 1. The molecule has 3 aromatic rings. The van der Waals surface area contributed by atoms with Gasteiger partial charge in [0.1, 0.15) is 0 Å². The second kappa shape index (κ2) is 6.83. The predicted octanol–water partition coefficient (Wildman–Crippen LogP) is 3.99. The molecule has 0 aliphatic carbocycles. The standard InChI is InChI=1S/C19H16N2O2/c1-2-23-19(22)18-16(14-6-10-20-11-7-14)4-3-5-17(18)15-8-12-21-13-9-15/h3-13H,2H2,1H3. The van der Waals surface area contributed by atoms with Crippen LogP contribution in [0.2, 0.25) is 0 Å². The molecule has 23 heavy (non-hydrogen) atoms. The summed E-state index contributed by atoms with van der Waals surface area (Å²) in [5.41, 5.74) is 4.09. The predicted molar refractivity (Wildman–Crippen MR) is 88.9 cm³/mol. The summed E-state index contributed by atoms with van der Waals surface area (Å²) in [6.45, 7) is 2.14. The zero-order valence-corrected chi connectivity index (χ0v) is 12.8. The van der Waals surface area contributed by atoms with Crippen molar-refractivity contribution in [2.75, 3.05) is 6.61 Å². The number of pyridine rings is 2. The van der Waals surface area contributed by atoms with Crippen LogP contribution in [0.1, 0.15) is 17.3 Å². The van der Waals surface area contributed by atoms with Gasteiger partial charge >= 0.3 is 5.97 Å². The highest BCUT2D eigenvalue weighted by Gasteiger charge is 2.19. The molecule has 1 aromatic carbocycles. The first-order valence-corrected chi connectivity index (χ1v) is 7.42. The lowest BCUT2D eigenvalue weighted by molar-refractivity contribution is 0.0528. The van der Waals surface area contributed by atoms with Gasteiger partial charge in [-0.1, -0.05) is 18.2 Å². The topological polar surface area (TPSA) is 52.1 Å². The summed E-state index contributed by atoms with van der Waals surface area (Å²) in [5, 5.41) is 0. The Morgan fingerprint density at radius 2 is 1.35 bits per heavy atom. The van der Waals surface area contributed by atoms with Crippen LogP contribution in [0.5, 0.6) is 0 Å². The van der Waals surface area contributed by atoms with E-state index in [9.17, 15) is 4.79 Å². The van der Waals surface area contributed by atoms with Crippen LogP contribution in [0.25, 0.3) is 22.3 Å². The van der Waals surface area contributed by atoms with Crippen molar-refractivity contribution in [3.8, 4) is 22.3 Å². The van der Waals surface area contributed by atoms with Crippen molar-refractivity contribution in [1.29, 1.82) is 0 Å². The Morgan fingerprint density at radius 1 is 0.870 bits per heavy atom. The van der Waals surface area contributed by atoms with Crippen LogP contribution in [0, 0.1) is 0 Å². The highest BCUT2D eigenvalue weighted by Crippen LogP contribution is 2.32. The van der Waals surface area contributed by atoms with Gasteiger partial charge in [-0.2, -0.15) is 0 Å². The Kier molecular flexibility index (Phi) is 4.43. The lowest BCUT2D eigenvalue weighted by atomic mass is 9.92. The number of carbonyl (C=O) groups is 1. The molecule has 0 unspecified atom stereocenters. The first-order chi connectivity index (χ1) is 11.3. The zero-order chi connectivity index (χ0) is 16.1. The molecule has 0 N–H and O–H groups in total. The molecule has 114 valence electrons. The van der Waals surface area contributed by atoms with Crippen molar-refractivity contribution in [2.45, 2.75) is 6.92 Å². The highest BCUT2D eigenvalue weighted by molar-refractivity contribution is 6.04. The van der Waals surface area contributed by atoms with E-state index >= 15 is 0 Å². The molecule has 0 spiro atoms. The van der Waals surface area contributed by atoms with E-state index in [1.54, 1.807) is 31.7 Å². The fraction of sp³-hybridized carbons (Fsp3) is 0.105. The molecule has 4 heteroatoms. The summed E-state index contributed by atoms with van der Waals surface area (Å²) in [7, 11) is 0. The van der Waals surface area contributed by atoms with Gasteiger partial charge in [0.2, 0.25) is 0 Å². The second-order valence-electron chi connectivity index (χ2n) is 4.92. The van der Waals surface area contributed by atoms with E-state index in [-0.39, 0.29) is 5.97 Å². The minimum atomic E-state index is -0.327. The normalized spacial score (nSPS) is 10.3. The third-order valence-electron chi connectivity index (χ3n) is 3.53. The van der Waals surface area contributed by atoms with Gasteiger partial charge in [0.15, 0.2) is 0 Å². The number of esters is 1. The molecule has 3 rings (SSSR count). The quantitative estimate of drug-likeness (QED) is 0.684. The summed E-state index contributed by atoms with van der Waals surface area (Å²) in [6.07, 6.45) is 6.85. The van der Waals surface area contributed by atoms with E-state index < -0.39 is 0 Å². The van der Waals surface area contributed by atoms with Crippen molar-refractivity contribution in [3.05, 3.63) is 72.8 Å². The SMILES string of the molecule is CCOC(=O)c1c(-c2ccncc2)cccc1-c1ccncc1. The first kappa shape index (κ1) is 14.9. The third kappa shape index (κ3) is 3.11. The maximum Gasteiger partial charge on any atom is 0.339 e. The van der Waals surface area contributed by atoms with Crippen molar-refractivity contribution in [3.63, 3.8) is 0 Å². The fourth-order valence-corrected chi connectivity index (χ4v) is 2.52. The lowest BCUT2D eigenvalue weighted by Gasteiger charge is -2.14. The molecule has 2 heterocycles. The fourth-order valence-electron chi connectivity index (χ4n) is 2.52. The molecule has 0 saturated carbocycles. The largest absolute Gasteiger partial charge is 0.462 e. The van der Waals surface area contributed by atoms with E-state index in [1.807, 2.05) is 42.5 Å². The third-order valence-corrected chi connectivity index (χ3v) is 3.53. The number of hydrogen-bond donors (Lipinski definition) is 0. The van der Waals surface area contributed by atoms with Crippen LogP contribution >= 0.6 is 0 Å². The van der Waals surface area contributed by atoms with Crippen molar-refractivity contribution in [2.24, 2.45) is 0 Å². The average molecular weight is 304 g/mol. The molecular formula is C19H16N2O2. The van der Waals surface area contributed by atoms with Gasteiger partial charge in [-0.05, 0) is 53.4 Å². The van der Waals surface area contributed by atoms with Gasteiger partial charge in [-0.25, -0.2) is 4.79 Å². The molecule has 0 bridgehead atoms. The van der Waals surface area contributed by atoms with Crippen LogP contribution < -0.4 is 0 Å². The maximum absolute atomic E-state index is 12.6. The summed E-state index contributed by atoms with van der Waals surface area (Å²) >= 11 is 0. The summed E-state index contributed by atoms with van der Waals surface area (Å²) in [5.74, 6) is -0.327. The summed E-state index contributed by atoms with van der Waals surface area (Å²) < 4.78 is 5.28. The smallest absolute Gasteiger partial charge is 0.339 e. The number of aromatic nitrogens is 2. The van der Waals surface area contributed by atoms with Gasteiger partial charge in [-0.15, -0.1) is 0 Å². The van der Waals surface area contributed by atoms with E-state index in [2.05, 4.69) is 9.97 Å². The molecule has 0 fully saturated rings. The number of carbonyl (C=O) groups excluding carboxylic acids is 1. The van der Waals surface area contributed by atoms with E-state index in [4.69, 9.17) is 4.74 Å². The molecular weight excluding hydrogens is 288 g/mol. The van der Waals surface area contributed by atoms with E-state index in [0.29, 0.717) is 12.2 Å². The zero-order valence-electron chi connectivity index (χ0n) is 12.8. The van der Waals surface area contributed by atoms with Gasteiger partial charge in [-0.3, -0.25) is 9.97 Å². The molecule has 4 nitrogen and oxygen atoms in total. The van der Waals surface area contributed by atoms with Crippen LogP contribution in [0.3, 0.4) is 0 Å².